The highest BCUT2D eigenvalue weighted by Gasteiger charge is 2.10. The van der Waals surface area contributed by atoms with Crippen molar-refractivity contribution in [3.8, 4) is 11.5 Å². The molecule has 2 aromatic carbocycles. The van der Waals surface area contributed by atoms with Gasteiger partial charge in [0.25, 0.3) is 5.91 Å². The number of hydrogen-bond acceptors (Lipinski definition) is 4. The van der Waals surface area contributed by atoms with E-state index in [0.717, 1.165) is 11.3 Å². The molecule has 0 aromatic heterocycles. The van der Waals surface area contributed by atoms with Gasteiger partial charge in [-0.15, -0.1) is 0 Å². The van der Waals surface area contributed by atoms with E-state index < -0.39 is 0 Å². The summed E-state index contributed by atoms with van der Waals surface area (Å²) in [6, 6.07) is 12.5. The molecule has 0 unspecified atom stereocenters. The lowest BCUT2D eigenvalue weighted by molar-refractivity contribution is 0.0951. The summed E-state index contributed by atoms with van der Waals surface area (Å²) < 4.78 is 10.2. The lowest BCUT2D eigenvalue weighted by Gasteiger charge is -2.10. The molecular weight excluding hydrogens is 268 g/mol. The molecule has 5 heteroatoms. The molecular formula is C16H18N2O3. The number of benzene rings is 2. The van der Waals surface area contributed by atoms with E-state index >= 15 is 0 Å². The van der Waals surface area contributed by atoms with Gasteiger partial charge in [0.2, 0.25) is 0 Å². The predicted octanol–water partition coefficient (Wildman–Crippen LogP) is 2.22. The highest BCUT2D eigenvalue weighted by Crippen LogP contribution is 2.19. The minimum Gasteiger partial charge on any atom is -0.497 e. The van der Waals surface area contributed by atoms with Gasteiger partial charge in [-0.2, -0.15) is 0 Å². The van der Waals surface area contributed by atoms with Gasteiger partial charge in [-0.25, -0.2) is 0 Å². The average Bonchev–Trinajstić information content (AvgIpc) is 2.53. The number of nitrogen functional groups attached to an aromatic ring is 1. The maximum atomic E-state index is 12.2. The van der Waals surface area contributed by atoms with E-state index in [2.05, 4.69) is 5.32 Å². The van der Waals surface area contributed by atoms with Gasteiger partial charge in [-0.1, -0.05) is 12.1 Å². The van der Waals surface area contributed by atoms with Gasteiger partial charge in [-0.05, 0) is 35.9 Å². The van der Waals surface area contributed by atoms with Crippen molar-refractivity contribution < 1.29 is 14.3 Å². The van der Waals surface area contributed by atoms with E-state index in [-0.39, 0.29) is 5.91 Å². The van der Waals surface area contributed by atoms with Crippen LogP contribution in [0.1, 0.15) is 15.9 Å². The second kappa shape index (κ2) is 6.65. The van der Waals surface area contributed by atoms with E-state index in [1.165, 1.54) is 0 Å². The molecule has 2 aromatic rings. The predicted molar refractivity (Wildman–Crippen MR) is 81.6 cm³/mol. The van der Waals surface area contributed by atoms with Crippen LogP contribution in [0.5, 0.6) is 11.5 Å². The van der Waals surface area contributed by atoms with E-state index in [1.807, 2.05) is 24.3 Å². The molecule has 0 aliphatic heterocycles. The highest BCUT2D eigenvalue weighted by molar-refractivity contribution is 5.99. The van der Waals surface area contributed by atoms with Gasteiger partial charge in [0, 0.05) is 12.2 Å². The molecule has 0 bridgehead atoms. The minimum absolute atomic E-state index is 0.241. The van der Waals surface area contributed by atoms with Crippen molar-refractivity contribution in [2.24, 2.45) is 0 Å². The first kappa shape index (κ1) is 14.7. The van der Waals surface area contributed by atoms with E-state index in [9.17, 15) is 4.79 Å². The van der Waals surface area contributed by atoms with E-state index in [1.54, 1.807) is 32.4 Å². The quantitative estimate of drug-likeness (QED) is 0.827. The van der Waals surface area contributed by atoms with Crippen LogP contribution >= 0.6 is 0 Å². The fraction of sp³-hybridized carbons (Fsp3) is 0.188. The van der Waals surface area contributed by atoms with Crippen molar-refractivity contribution in [1.82, 2.24) is 5.32 Å². The molecule has 0 aliphatic carbocycles. The molecule has 0 atom stereocenters. The Balaban J connectivity index is 2.07. The molecule has 0 aliphatic rings. The highest BCUT2D eigenvalue weighted by atomic mass is 16.5. The summed E-state index contributed by atoms with van der Waals surface area (Å²) in [5.41, 5.74) is 7.59. The normalized spacial score (nSPS) is 10.0. The molecule has 5 nitrogen and oxygen atoms in total. The molecule has 3 N–H and O–H groups in total. The summed E-state index contributed by atoms with van der Waals surface area (Å²) in [6.07, 6.45) is 0. The fourth-order valence-corrected chi connectivity index (χ4v) is 1.92. The number of nitrogens with one attached hydrogen (secondary N) is 1. The fourth-order valence-electron chi connectivity index (χ4n) is 1.92. The number of carbonyl (C=O) groups is 1. The summed E-state index contributed by atoms with van der Waals surface area (Å²) in [7, 11) is 3.15. The maximum absolute atomic E-state index is 12.2. The Morgan fingerprint density at radius 3 is 2.52 bits per heavy atom. The third-order valence-corrected chi connectivity index (χ3v) is 3.09. The zero-order valence-electron chi connectivity index (χ0n) is 12.1. The number of nitrogens with two attached hydrogens (primary N) is 1. The van der Waals surface area contributed by atoms with Crippen molar-refractivity contribution in [2.45, 2.75) is 6.54 Å². The number of amides is 1. The van der Waals surface area contributed by atoms with Crippen molar-refractivity contribution in [3.63, 3.8) is 0 Å². The van der Waals surface area contributed by atoms with Gasteiger partial charge >= 0.3 is 0 Å². The summed E-state index contributed by atoms with van der Waals surface area (Å²) in [4.78, 5) is 12.2. The maximum Gasteiger partial charge on any atom is 0.253 e. The number of carbonyl (C=O) groups excluding carboxylic acids is 1. The Morgan fingerprint density at radius 2 is 1.81 bits per heavy atom. The second-order valence-electron chi connectivity index (χ2n) is 4.49. The third-order valence-electron chi connectivity index (χ3n) is 3.09. The Bertz CT molecular complexity index is 641. The van der Waals surface area contributed by atoms with Crippen LogP contribution in [-0.4, -0.2) is 20.1 Å². The smallest absolute Gasteiger partial charge is 0.253 e. The molecule has 0 saturated carbocycles. The van der Waals surface area contributed by atoms with Crippen molar-refractivity contribution in [2.75, 3.05) is 20.0 Å². The van der Waals surface area contributed by atoms with Crippen molar-refractivity contribution in [1.29, 1.82) is 0 Å². The first-order valence-electron chi connectivity index (χ1n) is 6.48. The lowest BCUT2D eigenvalue weighted by atomic mass is 10.1. The summed E-state index contributed by atoms with van der Waals surface area (Å²) >= 11 is 0. The zero-order chi connectivity index (χ0) is 15.2. The molecule has 0 saturated heterocycles. The van der Waals surface area contributed by atoms with Gasteiger partial charge in [-0.3, -0.25) is 4.79 Å². The molecule has 1 amide bonds. The van der Waals surface area contributed by atoms with Crippen molar-refractivity contribution >= 4 is 11.6 Å². The van der Waals surface area contributed by atoms with Crippen LogP contribution < -0.4 is 20.5 Å². The Hall–Kier alpha value is -2.69. The second-order valence-corrected chi connectivity index (χ2v) is 4.49. The van der Waals surface area contributed by atoms with Crippen molar-refractivity contribution in [3.05, 3.63) is 53.6 Å². The molecule has 0 radical (unpaired) electrons. The Labute approximate surface area is 123 Å². The van der Waals surface area contributed by atoms with Crippen LogP contribution in [-0.2, 0) is 6.54 Å². The summed E-state index contributed by atoms with van der Waals surface area (Å²) in [6.45, 7) is 0.396. The molecule has 0 spiro atoms. The summed E-state index contributed by atoms with van der Waals surface area (Å²) in [5.74, 6) is 1.10. The number of hydrogen-bond donors (Lipinski definition) is 2. The standard InChI is InChI=1S/C16H18N2O3/c1-20-12-5-3-4-11(8-12)10-18-16(19)14-9-13(21-2)6-7-15(14)17/h3-9H,10,17H2,1-2H3,(H,18,19). The van der Waals surface area contributed by atoms with E-state index in [4.69, 9.17) is 15.2 Å². The van der Waals surface area contributed by atoms with Crippen LogP contribution in [0.25, 0.3) is 0 Å². The number of methoxy groups -OCH3 is 2. The van der Waals surface area contributed by atoms with Crippen LogP contribution in [0, 0.1) is 0 Å². The van der Waals surface area contributed by atoms with Gasteiger partial charge in [0.1, 0.15) is 11.5 Å². The SMILES string of the molecule is COc1cccc(CNC(=O)c2cc(OC)ccc2N)c1. The van der Waals surface area contributed by atoms with Gasteiger partial charge in [0.05, 0.1) is 19.8 Å². The molecule has 0 fully saturated rings. The molecule has 0 heterocycles. The van der Waals surface area contributed by atoms with Crippen LogP contribution in [0.3, 0.4) is 0 Å². The Morgan fingerprint density at radius 1 is 1.10 bits per heavy atom. The van der Waals surface area contributed by atoms with Crippen LogP contribution in [0.15, 0.2) is 42.5 Å². The molecule has 2 rings (SSSR count). The van der Waals surface area contributed by atoms with Gasteiger partial charge < -0.3 is 20.5 Å². The first-order valence-corrected chi connectivity index (χ1v) is 6.48. The summed E-state index contributed by atoms with van der Waals surface area (Å²) in [5, 5.41) is 2.83. The van der Waals surface area contributed by atoms with Gasteiger partial charge in [0.15, 0.2) is 0 Å². The average molecular weight is 286 g/mol. The van der Waals surface area contributed by atoms with Crippen LogP contribution in [0.2, 0.25) is 0 Å². The Kier molecular flexibility index (Phi) is 4.66. The monoisotopic (exact) mass is 286 g/mol. The largest absolute Gasteiger partial charge is 0.497 e. The third kappa shape index (κ3) is 3.66. The molecule has 21 heavy (non-hydrogen) atoms. The number of ether oxygens (including phenoxy) is 2. The number of rotatable bonds is 5. The lowest BCUT2D eigenvalue weighted by Crippen LogP contribution is -2.23. The minimum atomic E-state index is -0.241. The number of anilines is 1. The van der Waals surface area contributed by atoms with E-state index in [0.29, 0.717) is 23.5 Å². The molecule has 110 valence electrons. The van der Waals surface area contributed by atoms with Crippen LogP contribution in [0.4, 0.5) is 5.69 Å². The zero-order valence-corrected chi connectivity index (χ0v) is 12.1. The topological polar surface area (TPSA) is 73.6 Å². The first-order chi connectivity index (χ1) is 10.1.